The van der Waals surface area contributed by atoms with Crippen molar-refractivity contribution in [2.24, 2.45) is 0 Å². The van der Waals surface area contributed by atoms with E-state index >= 15 is 0 Å². The SMILES string of the molecule is O=C(O)CC1CCCCN1CCCC(F)(F)F. The zero-order valence-corrected chi connectivity index (χ0v) is 9.67. The van der Waals surface area contributed by atoms with E-state index in [9.17, 15) is 18.0 Å². The quantitative estimate of drug-likeness (QED) is 0.818. The number of carbonyl (C=O) groups is 1. The van der Waals surface area contributed by atoms with Crippen LogP contribution in [0.1, 0.15) is 38.5 Å². The molecule has 1 saturated heterocycles. The molecule has 0 aromatic heterocycles. The molecular weight excluding hydrogens is 235 g/mol. The van der Waals surface area contributed by atoms with E-state index in [0.717, 1.165) is 25.8 Å². The van der Waals surface area contributed by atoms with Crippen molar-refractivity contribution in [3.63, 3.8) is 0 Å². The summed E-state index contributed by atoms with van der Waals surface area (Å²) < 4.78 is 36.0. The smallest absolute Gasteiger partial charge is 0.389 e. The maximum Gasteiger partial charge on any atom is 0.389 e. The molecule has 0 bridgehead atoms. The number of rotatable bonds is 5. The van der Waals surface area contributed by atoms with Crippen molar-refractivity contribution < 1.29 is 23.1 Å². The number of aliphatic carboxylic acids is 1. The lowest BCUT2D eigenvalue weighted by Crippen LogP contribution is -2.41. The number of halogens is 3. The van der Waals surface area contributed by atoms with E-state index in [-0.39, 0.29) is 18.9 Å². The largest absolute Gasteiger partial charge is 0.481 e. The van der Waals surface area contributed by atoms with Gasteiger partial charge in [-0.1, -0.05) is 6.42 Å². The van der Waals surface area contributed by atoms with E-state index < -0.39 is 18.6 Å². The molecule has 1 heterocycles. The molecule has 0 radical (unpaired) electrons. The van der Waals surface area contributed by atoms with E-state index in [1.54, 1.807) is 0 Å². The van der Waals surface area contributed by atoms with E-state index in [4.69, 9.17) is 5.11 Å². The number of carboxylic acid groups (broad SMARTS) is 1. The van der Waals surface area contributed by atoms with Crippen molar-refractivity contribution in [1.29, 1.82) is 0 Å². The summed E-state index contributed by atoms with van der Waals surface area (Å²) in [6, 6.07) is -0.0884. The third-order valence-electron chi connectivity index (χ3n) is 3.06. The minimum atomic E-state index is -4.11. The lowest BCUT2D eigenvalue weighted by molar-refractivity contribution is -0.140. The number of hydrogen-bond donors (Lipinski definition) is 1. The Morgan fingerprint density at radius 2 is 2.06 bits per heavy atom. The Balaban J connectivity index is 2.35. The van der Waals surface area contributed by atoms with Gasteiger partial charge in [0.15, 0.2) is 0 Å². The molecule has 0 aromatic carbocycles. The summed E-state index contributed by atoms with van der Waals surface area (Å²) in [7, 11) is 0. The van der Waals surface area contributed by atoms with Crippen LogP contribution in [0.5, 0.6) is 0 Å². The summed E-state index contributed by atoms with van der Waals surface area (Å²) in [5.41, 5.74) is 0. The van der Waals surface area contributed by atoms with Crippen LogP contribution in [0, 0.1) is 0 Å². The molecule has 0 aliphatic carbocycles. The van der Waals surface area contributed by atoms with Crippen LogP contribution in [0.4, 0.5) is 13.2 Å². The molecule has 6 heteroatoms. The van der Waals surface area contributed by atoms with E-state index in [1.807, 2.05) is 4.90 Å². The summed E-state index contributed by atoms with van der Waals surface area (Å²) in [5.74, 6) is -0.877. The van der Waals surface area contributed by atoms with Crippen LogP contribution < -0.4 is 0 Å². The van der Waals surface area contributed by atoms with Gasteiger partial charge in [-0.15, -0.1) is 0 Å². The topological polar surface area (TPSA) is 40.5 Å². The van der Waals surface area contributed by atoms with Gasteiger partial charge in [0, 0.05) is 12.5 Å². The number of nitrogens with zero attached hydrogens (tertiary/aromatic N) is 1. The van der Waals surface area contributed by atoms with Gasteiger partial charge in [-0.3, -0.25) is 9.69 Å². The van der Waals surface area contributed by atoms with E-state index in [0.29, 0.717) is 6.54 Å². The molecule has 1 fully saturated rings. The van der Waals surface area contributed by atoms with Gasteiger partial charge in [0.25, 0.3) is 0 Å². The Bertz CT molecular complexity index is 256. The van der Waals surface area contributed by atoms with Gasteiger partial charge in [0.05, 0.1) is 6.42 Å². The van der Waals surface area contributed by atoms with Gasteiger partial charge in [0.2, 0.25) is 0 Å². The van der Waals surface area contributed by atoms with Gasteiger partial charge < -0.3 is 5.11 Å². The maximum atomic E-state index is 12.0. The summed E-state index contributed by atoms with van der Waals surface area (Å²) in [6.45, 7) is 1.06. The molecule has 1 rings (SSSR count). The lowest BCUT2D eigenvalue weighted by atomic mass is 9.99. The Hall–Kier alpha value is -0.780. The number of alkyl halides is 3. The van der Waals surface area contributed by atoms with Gasteiger partial charge >= 0.3 is 12.1 Å². The fourth-order valence-electron chi connectivity index (χ4n) is 2.27. The van der Waals surface area contributed by atoms with Crippen molar-refractivity contribution in [1.82, 2.24) is 4.90 Å². The number of carboxylic acids is 1. The predicted octanol–water partition coefficient (Wildman–Crippen LogP) is 2.66. The molecule has 100 valence electrons. The van der Waals surface area contributed by atoms with Gasteiger partial charge in [-0.2, -0.15) is 13.2 Å². The van der Waals surface area contributed by atoms with Crippen LogP contribution in [0.3, 0.4) is 0 Å². The van der Waals surface area contributed by atoms with Gasteiger partial charge in [-0.25, -0.2) is 0 Å². The molecule has 1 unspecified atom stereocenters. The average molecular weight is 253 g/mol. The van der Waals surface area contributed by atoms with E-state index in [1.165, 1.54) is 0 Å². The Labute approximate surface area is 98.6 Å². The number of likely N-dealkylation sites (tertiary alicyclic amines) is 1. The van der Waals surface area contributed by atoms with Crippen LogP contribution in [0.2, 0.25) is 0 Å². The van der Waals surface area contributed by atoms with Crippen molar-refractivity contribution in [2.75, 3.05) is 13.1 Å². The molecule has 0 spiro atoms. The highest BCUT2D eigenvalue weighted by atomic mass is 19.4. The first-order valence-corrected chi connectivity index (χ1v) is 5.91. The van der Waals surface area contributed by atoms with Crippen molar-refractivity contribution in [3.05, 3.63) is 0 Å². The monoisotopic (exact) mass is 253 g/mol. The summed E-state index contributed by atoms with van der Waals surface area (Å²) >= 11 is 0. The second kappa shape index (κ2) is 6.23. The molecule has 1 atom stereocenters. The van der Waals surface area contributed by atoms with E-state index in [2.05, 4.69) is 0 Å². The first-order chi connectivity index (χ1) is 7.88. The number of hydrogen-bond acceptors (Lipinski definition) is 2. The number of piperidine rings is 1. The third-order valence-corrected chi connectivity index (χ3v) is 3.06. The van der Waals surface area contributed by atoms with Crippen molar-refractivity contribution in [2.45, 2.75) is 50.7 Å². The molecule has 0 saturated carbocycles. The molecule has 1 N–H and O–H groups in total. The first-order valence-electron chi connectivity index (χ1n) is 5.91. The minimum Gasteiger partial charge on any atom is -0.481 e. The fourth-order valence-corrected chi connectivity index (χ4v) is 2.27. The van der Waals surface area contributed by atoms with Crippen LogP contribution in [0.15, 0.2) is 0 Å². The molecule has 1 aliphatic heterocycles. The standard InChI is InChI=1S/C11H18F3NO2/c12-11(13,14)5-3-7-15-6-2-1-4-9(15)8-10(16)17/h9H,1-8H2,(H,16,17). The Morgan fingerprint density at radius 1 is 1.35 bits per heavy atom. The summed E-state index contributed by atoms with van der Waals surface area (Å²) in [6.07, 6.45) is -2.12. The zero-order valence-electron chi connectivity index (χ0n) is 9.67. The Kier molecular flexibility index (Phi) is 5.24. The van der Waals surface area contributed by atoms with Gasteiger partial charge in [0.1, 0.15) is 0 Å². The average Bonchev–Trinajstić information content (AvgIpc) is 2.18. The second-order valence-corrected chi connectivity index (χ2v) is 4.50. The highest BCUT2D eigenvalue weighted by molar-refractivity contribution is 5.67. The summed E-state index contributed by atoms with van der Waals surface area (Å²) in [5, 5.41) is 8.73. The maximum absolute atomic E-state index is 12.0. The second-order valence-electron chi connectivity index (χ2n) is 4.50. The normalized spacial score (nSPS) is 22.6. The van der Waals surface area contributed by atoms with Crippen molar-refractivity contribution >= 4 is 5.97 Å². The van der Waals surface area contributed by atoms with Crippen LogP contribution in [-0.4, -0.2) is 41.3 Å². The third kappa shape index (κ3) is 5.91. The van der Waals surface area contributed by atoms with Crippen LogP contribution in [-0.2, 0) is 4.79 Å². The highest BCUT2D eigenvalue weighted by Crippen LogP contribution is 2.24. The van der Waals surface area contributed by atoms with Crippen LogP contribution in [0.25, 0.3) is 0 Å². The lowest BCUT2D eigenvalue weighted by Gasteiger charge is -2.34. The molecular formula is C11H18F3NO2. The molecule has 0 amide bonds. The Morgan fingerprint density at radius 3 is 2.65 bits per heavy atom. The van der Waals surface area contributed by atoms with Gasteiger partial charge in [-0.05, 0) is 32.4 Å². The predicted molar refractivity (Wildman–Crippen MR) is 56.8 cm³/mol. The minimum absolute atomic E-state index is 0.0337. The molecule has 3 nitrogen and oxygen atoms in total. The fraction of sp³-hybridized carbons (Fsp3) is 0.909. The molecule has 17 heavy (non-hydrogen) atoms. The molecule has 0 aromatic rings. The van der Waals surface area contributed by atoms with Crippen molar-refractivity contribution in [3.8, 4) is 0 Å². The molecule has 1 aliphatic rings. The zero-order chi connectivity index (χ0) is 12.9. The van der Waals surface area contributed by atoms with Crippen LogP contribution >= 0.6 is 0 Å². The summed E-state index contributed by atoms with van der Waals surface area (Å²) in [4.78, 5) is 12.5. The highest BCUT2D eigenvalue weighted by Gasteiger charge is 2.28. The first kappa shape index (κ1) is 14.3.